The highest BCUT2D eigenvalue weighted by Crippen LogP contribution is 2.27. The Morgan fingerprint density at radius 1 is 1.35 bits per heavy atom. The van der Waals surface area contributed by atoms with E-state index in [1.165, 1.54) is 19.3 Å². The number of hydrogen-bond donors (Lipinski definition) is 0. The maximum absolute atomic E-state index is 5.50. The van der Waals surface area contributed by atoms with Gasteiger partial charge in [0.1, 0.15) is 12.7 Å². The van der Waals surface area contributed by atoms with E-state index >= 15 is 0 Å². The fourth-order valence-corrected chi connectivity index (χ4v) is 3.82. The lowest BCUT2D eigenvalue weighted by atomic mass is 10.0. The van der Waals surface area contributed by atoms with E-state index in [0.29, 0.717) is 6.04 Å². The molecule has 0 bridgehead atoms. The minimum atomic E-state index is 0.479. The molecule has 0 radical (unpaired) electrons. The van der Waals surface area contributed by atoms with Crippen molar-refractivity contribution in [2.75, 3.05) is 6.54 Å². The predicted molar refractivity (Wildman–Crippen MR) is 87.9 cm³/mol. The summed E-state index contributed by atoms with van der Waals surface area (Å²) in [6.45, 7) is 2.81. The largest absolute Gasteiger partial charge is 0.355 e. The minimum Gasteiger partial charge on any atom is -0.355 e. The molecule has 6 nitrogen and oxygen atoms in total. The molecule has 1 atom stereocenters. The molecule has 0 unspecified atom stereocenters. The maximum atomic E-state index is 5.50. The first kappa shape index (κ1) is 14.6. The van der Waals surface area contributed by atoms with Crippen LogP contribution in [0.15, 0.2) is 40.8 Å². The zero-order valence-corrected chi connectivity index (χ0v) is 13.7. The smallest absolute Gasteiger partial charge is 0.177 e. The second kappa shape index (κ2) is 6.64. The second-order valence-electron chi connectivity index (χ2n) is 5.90. The van der Waals surface area contributed by atoms with Gasteiger partial charge in [-0.3, -0.25) is 9.58 Å². The SMILES string of the molecule is c1csc(-c2cc(CN3CCCC[C@H]3Cn3cncn3)no2)c1. The van der Waals surface area contributed by atoms with E-state index in [1.54, 1.807) is 24.0 Å². The molecule has 120 valence electrons. The van der Waals surface area contributed by atoms with Crippen LogP contribution in [-0.2, 0) is 13.1 Å². The third-order valence-electron chi connectivity index (χ3n) is 4.30. The molecule has 3 aromatic rings. The average Bonchev–Trinajstić information content (AvgIpc) is 3.31. The lowest BCUT2D eigenvalue weighted by Gasteiger charge is -2.34. The molecule has 1 aliphatic heterocycles. The number of aromatic nitrogens is 4. The van der Waals surface area contributed by atoms with Crippen molar-refractivity contribution in [2.45, 2.75) is 38.4 Å². The van der Waals surface area contributed by atoms with Gasteiger partial charge in [-0.15, -0.1) is 11.3 Å². The summed E-state index contributed by atoms with van der Waals surface area (Å²) < 4.78 is 7.42. The van der Waals surface area contributed by atoms with Crippen LogP contribution in [0.2, 0.25) is 0 Å². The second-order valence-corrected chi connectivity index (χ2v) is 6.85. The lowest BCUT2D eigenvalue weighted by Crippen LogP contribution is -2.41. The van der Waals surface area contributed by atoms with Crippen molar-refractivity contribution in [1.29, 1.82) is 0 Å². The van der Waals surface area contributed by atoms with E-state index < -0.39 is 0 Å². The molecule has 0 spiro atoms. The molecule has 1 aliphatic rings. The van der Waals surface area contributed by atoms with Gasteiger partial charge in [-0.2, -0.15) is 5.10 Å². The first-order valence-electron chi connectivity index (χ1n) is 7.94. The van der Waals surface area contributed by atoms with Crippen LogP contribution in [0.3, 0.4) is 0 Å². The van der Waals surface area contributed by atoms with Gasteiger partial charge in [0, 0.05) is 18.7 Å². The van der Waals surface area contributed by atoms with Crippen LogP contribution in [-0.4, -0.2) is 37.4 Å². The Labute approximate surface area is 138 Å². The van der Waals surface area contributed by atoms with Gasteiger partial charge in [-0.1, -0.05) is 17.6 Å². The molecule has 4 rings (SSSR count). The number of nitrogens with zero attached hydrogens (tertiary/aromatic N) is 5. The Balaban J connectivity index is 1.45. The fraction of sp³-hybridized carbons (Fsp3) is 0.438. The van der Waals surface area contributed by atoms with E-state index in [1.807, 2.05) is 10.7 Å². The zero-order valence-electron chi connectivity index (χ0n) is 12.8. The average molecular weight is 329 g/mol. The van der Waals surface area contributed by atoms with Gasteiger partial charge < -0.3 is 4.52 Å². The molecular weight excluding hydrogens is 310 g/mol. The Bertz CT molecular complexity index is 722. The van der Waals surface area contributed by atoms with Crippen LogP contribution in [0.25, 0.3) is 10.6 Å². The van der Waals surface area contributed by atoms with E-state index in [0.717, 1.165) is 36.0 Å². The minimum absolute atomic E-state index is 0.479. The summed E-state index contributed by atoms with van der Waals surface area (Å²) >= 11 is 1.67. The Morgan fingerprint density at radius 3 is 3.17 bits per heavy atom. The highest BCUT2D eigenvalue weighted by Gasteiger charge is 2.24. The molecule has 0 N–H and O–H groups in total. The molecule has 0 aromatic carbocycles. The Morgan fingerprint density at radius 2 is 2.35 bits per heavy atom. The van der Waals surface area contributed by atoms with Gasteiger partial charge in [-0.25, -0.2) is 4.98 Å². The third kappa shape index (κ3) is 3.35. The summed E-state index contributed by atoms with van der Waals surface area (Å²) in [6, 6.07) is 6.63. The topological polar surface area (TPSA) is 60.0 Å². The molecule has 23 heavy (non-hydrogen) atoms. The molecule has 4 heterocycles. The molecule has 0 saturated carbocycles. The molecule has 1 saturated heterocycles. The Kier molecular flexibility index (Phi) is 4.21. The van der Waals surface area contributed by atoms with Crippen LogP contribution in [0, 0.1) is 0 Å². The molecule has 0 aliphatic carbocycles. The van der Waals surface area contributed by atoms with Gasteiger partial charge in [0.15, 0.2) is 5.76 Å². The van der Waals surface area contributed by atoms with Gasteiger partial charge >= 0.3 is 0 Å². The van der Waals surface area contributed by atoms with E-state index in [2.05, 4.69) is 37.7 Å². The summed E-state index contributed by atoms with van der Waals surface area (Å²) in [5.41, 5.74) is 0.999. The summed E-state index contributed by atoms with van der Waals surface area (Å²) in [6.07, 6.45) is 7.09. The highest BCUT2D eigenvalue weighted by atomic mass is 32.1. The van der Waals surface area contributed by atoms with Crippen molar-refractivity contribution in [1.82, 2.24) is 24.8 Å². The van der Waals surface area contributed by atoms with Crippen molar-refractivity contribution in [3.05, 3.63) is 41.9 Å². The number of piperidine rings is 1. The third-order valence-corrected chi connectivity index (χ3v) is 5.19. The molecule has 0 amide bonds. The van der Waals surface area contributed by atoms with Crippen LogP contribution < -0.4 is 0 Å². The maximum Gasteiger partial charge on any atom is 0.177 e. The normalized spacial score (nSPS) is 19.2. The quantitative estimate of drug-likeness (QED) is 0.720. The van der Waals surface area contributed by atoms with Crippen molar-refractivity contribution in [3.63, 3.8) is 0 Å². The molecule has 7 heteroatoms. The van der Waals surface area contributed by atoms with Crippen molar-refractivity contribution >= 4 is 11.3 Å². The highest BCUT2D eigenvalue weighted by molar-refractivity contribution is 7.13. The lowest BCUT2D eigenvalue weighted by molar-refractivity contribution is 0.119. The van der Waals surface area contributed by atoms with E-state index in [9.17, 15) is 0 Å². The summed E-state index contributed by atoms with van der Waals surface area (Å²) in [7, 11) is 0. The monoisotopic (exact) mass is 329 g/mol. The Hall–Kier alpha value is -1.99. The van der Waals surface area contributed by atoms with Crippen LogP contribution in [0.5, 0.6) is 0 Å². The van der Waals surface area contributed by atoms with Gasteiger partial charge in [-0.05, 0) is 30.8 Å². The van der Waals surface area contributed by atoms with Crippen LogP contribution in [0.4, 0.5) is 0 Å². The predicted octanol–water partition coefficient (Wildman–Crippen LogP) is 3.05. The summed E-state index contributed by atoms with van der Waals surface area (Å²) in [5, 5.41) is 10.5. The molecule has 3 aromatic heterocycles. The number of likely N-dealkylation sites (tertiary alicyclic amines) is 1. The summed E-state index contributed by atoms with van der Waals surface area (Å²) in [5.74, 6) is 0.861. The van der Waals surface area contributed by atoms with Crippen LogP contribution >= 0.6 is 11.3 Å². The van der Waals surface area contributed by atoms with E-state index in [-0.39, 0.29) is 0 Å². The number of rotatable bonds is 5. The van der Waals surface area contributed by atoms with Crippen molar-refractivity contribution < 1.29 is 4.52 Å². The van der Waals surface area contributed by atoms with Crippen molar-refractivity contribution in [3.8, 4) is 10.6 Å². The van der Waals surface area contributed by atoms with Crippen molar-refractivity contribution in [2.24, 2.45) is 0 Å². The fourth-order valence-electron chi connectivity index (χ4n) is 3.15. The first-order valence-corrected chi connectivity index (χ1v) is 8.82. The number of thiophene rings is 1. The van der Waals surface area contributed by atoms with Gasteiger partial charge in [0.05, 0.1) is 17.1 Å². The van der Waals surface area contributed by atoms with Crippen LogP contribution in [0.1, 0.15) is 25.0 Å². The van der Waals surface area contributed by atoms with Gasteiger partial charge in [0.25, 0.3) is 0 Å². The summed E-state index contributed by atoms with van der Waals surface area (Å²) in [4.78, 5) is 7.65. The van der Waals surface area contributed by atoms with Gasteiger partial charge in [0.2, 0.25) is 0 Å². The standard InChI is InChI=1S/C16H19N5OS/c1-2-6-20(14(4-1)10-21-12-17-11-18-21)9-13-8-15(22-19-13)16-5-3-7-23-16/h3,5,7-8,11-12,14H,1-2,4,6,9-10H2/t14-/m0/s1. The first-order chi connectivity index (χ1) is 11.4. The molecule has 1 fully saturated rings. The van der Waals surface area contributed by atoms with E-state index in [4.69, 9.17) is 4.52 Å². The zero-order chi connectivity index (χ0) is 15.5. The number of hydrogen-bond acceptors (Lipinski definition) is 6. The molecular formula is C16H19N5OS.